The summed E-state index contributed by atoms with van der Waals surface area (Å²) < 4.78 is 775. The van der Waals surface area contributed by atoms with E-state index in [0.717, 1.165) is 22.6 Å². The van der Waals surface area contributed by atoms with Crippen molar-refractivity contribution in [3.63, 3.8) is 0 Å². The summed E-state index contributed by atoms with van der Waals surface area (Å²) in [7, 11) is 0. The number of fused-ring (bicyclic) bond motifs is 18. The lowest BCUT2D eigenvalue weighted by atomic mass is 9.33. The molecule has 0 amide bonds. The van der Waals surface area contributed by atoms with Gasteiger partial charge in [0.25, 0.3) is 6.71 Å². The van der Waals surface area contributed by atoms with Gasteiger partial charge in [-0.1, -0.05) is 365 Å². The Labute approximate surface area is 990 Å². The van der Waals surface area contributed by atoms with Crippen molar-refractivity contribution >= 4 is 212 Å². The number of pyridine rings is 6. The van der Waals surface area contributed by atoms with Crippen LogP contribution in [0.4, 0.5) is 17.1 Å². The van der Waals surface area contributed by atoms with Gasteiger partial charge >= 0.3 is 0 Å². The van der Waals surface area contributed by atoms with Crippen molar-refractivity contribution in [2.24, 2.45) is 0 Å². The molecule has 4 atom stereocenters. The number of ether oxygens (including phenoxy) is 1. The van der Waals surface area contributed by atoms with Gasteiger partial charge in [0.05, 0.1) is 122 Å². The van der Waals surface area contributed by atoms with Crippen molar-refractivity contribution in [3.05, 3.63) is 463 Å². The second kappa shape index (κ2) is 36.9. The third kappa shape index (κ3) is 15.0. The molecule has 4 unspecified atom stereocenters. The van der Waals surface area contributed by atoms with Crippen LogP contribution in [0.5, 0.6) is 11.5 Å². The molecule has 0 spiro atoms. The van der Waals surface area contributed by atoms with Gasteiger partial charge in [-0.05, 0) is 246 Å². The number of rotatable bonds is 12. The Bertz CT molecular complexity index is 14900. The molecule has 18 aromatic carbocycles. The van der Waals surface area contributed by atoms with Gasteiger partial charge in [-0.2, -0.15) is 0 Å². The van der Waals surface area contributed by atoms with E-state index in [-0.39, 0.29) is 7.43 Å². The molecule has 15 heteroatoms. The van der Waals surface area contributed by atoms with E-state index in [2.05, 4.69) is 0 Å². The number of anilines is 3. The van der Waals surface area contributed by atoms with Gasteiger partial charge in [0.1, 0.15) is 11.5 Å². The Morgan fingerprint density at radius 1 is 0.289 bits per heavy atom. The molecule has 0 N–H and O–H groups in total. The normalized spacial score (nSPS) is 23.5. The number of hydrogen-bond donors (Lipinski definition) is 0. The maximum atomic E-state index is 15.7. The first-order chi connectivity index (χ1) is 107. The van der Waals surface area contributed by atoms with Crippen LogP contribution in [0.1, 0.15) is 282 Å². The van der Waals surface area contributed by atoms with Crippen LogP contribution in [0.2, 0.25) is 0 Å². The molecule has 0 radical (unpaired) electrons. The van der Waals surface area contributed by atoms with E-state index in [1.54, 1.807) is 0 Å². The van der Waals surface area contributed by atoms with Gasteiger partial charge in [0, 0.05) is 143 Å². The van der Waals surface area contributed by atoms with Gasteiger partial charge < -0.3 is 22.8 Å². The van der Waals surface area contributed by atoms with Gasteiger partial charge in [-0.25, -0.2) is 0 Å². The molecule has 0 saturated heterocycles. The zero-order chi connectivity index (χ0) is 176. The minimum absolute atomic E-state index is 0. The summed E-state index contributed by atoms with van der Waals surface area (Å²) in [4.78, 5) is 89.6. The molecule has 0 saturated carbocycles. The van der Waals surface area contributed by atoms with Crippen molar-refractivity contribution in [1.29, 1.82) is 0 Å². The van der Waals surface area contributed by atoms with Crippen molar-refractivity contribution < 1.29 is 123 Å². The number of benzene rings is 18. The monoisotopic (exact) mass is 2040 g/mol. The van der Waals surface area contributed by atoms with Crippen molar-refractivity contribution in [2.75, 3.05) is 4.90 Å². The number of aromatic nitrogens is 3. The fraction of sp³-hybridized carbons (Fsp3) is 0.149. The standard InChI is InChI=1S/C47H41BN2O2.C45H28BNO2S.C41H36BNO3.CH4/c1-27(2)30-23-35(28(3)4)44(36(24-30)29(5)6)48-38-20-11-13-22-41(38)49(31-15-8-7-9-16-31)43-26-42-37(25-39(43)48)47(52)34-19-14-18-33-45(34)50(42)40-21-12-10-17-32(40)46(33)51;1-27-23-33(28-13-4-2-5-14-28)42(34(24-27)29-15-6-3-7-16-29)46-36-20-9-11-22-40(36)50-41-26-39-35(25-37(41)46)45(49)32-19-12-18-31-43(32)47(39)38-21-10-8-17-30(38)44(31)48;1-22(2)25-18-29(23(3)4)38(30(19-25)24(5)6)42-32-15-8-10-17-36(32)46-37-21-35-31(20-33(37)42)41(45)28-14-11-13-27-39(28)43(35)34-16-9-7-12-26(34)40(27)44;/h7-29H,1-6H3;2-26H,1H3;7-24H,1-6H3;1H4/i1D3,2D3,3D3,5D3,7D,8D,9D,10D,11D,12D,13D,14D,15D,16D,17D,18D,19D,20D,21D,22D,26D,27D,28D,29D;1D3,2D,3D,4D,5D,6D,7D,8D,9D,10D,11D,12D,13D,14D,15D,16D,17D,18D,19D,20D,21D,22D,25D,26D;1D3,2D3,3D3,5D3,7D,8D,9D,10D,11D,12D,13D,14D,15D,16D,17D,20D,21D,22D,23D,24D;. The highest BCUT2D eigenvalue weighted by molar-refractivity contribution is 8.00. The zero-order valence-corrected chi connectivity index (χ0v) is 76.6. The molecule has 722 valence electrons. The van der Waals surface area contributed by atoms with Crippen LogP contribution < -0.4 is 91.4 Å². The summed E-state index contributed by atoms with van der Waals surface area (Å²) >= 11 is 0.430. The third-order valence-electron chi connectivity index (χ3n) is 25.8. The molecule has 11 nitrogen and oxygen atoms in total. The average molecular weight is 2040 g/mol. The molecule has 3 aliphatic heterocycles. The number of aryl methyl sites for hydroxylation is 1. The van der Waals surface area contributed by atoms with E-state index in [1.807, 2.05) is 0 Å². The lowest BCUT2D eigenvalue weighted by molar-refractivity contribution is 0.488. The van der Waals surface area contributed by atoms with E-state index >= 15 is 14.4 Å². The molecule has 24 aromatic rings. The summed E-state index contributed by atoms with van der Waals surface area (Å²) in [5, 5.41) is -10.5. The van der Waals surface area contributed by atoms with Gasteiger partial charge in [0.2, 0.25) is 13.4 Å². The van der Waals surface area contributed by atoms with Gasteiger partial charge in [-0.3, -0.25) is 28.8 Å². The minimum atomic E-state index is -3.95. The Kier molecular flexibility index (Phi) is 9.72. The van der Waals surface area contributed by atoms with E-state index < -0.39 is 733 Å². The molecule has 6 aromatic heterocycles. The van der Waals surface area contributed by atoms with Gasteiger partial charge in [-0.15, -0.1) is 0 Å². The maximum Gasteiger partial charge on any atom is 0.251 e. The molecule has 9 heterocycles. The van der Waals surface area contributed by atoms with E-state index in [4.69, 9.17) is 92.5 Å². The molecule has 27 rings (SSSR count). The second-order valence-electron chi connectivity index (χ2n) is 34.1. The van der Waals surface area contributed by atoms with Crippen molar-refractivity contribution in [2.45, 2.75) is 142 Å². The maximum absolute atomic E-state index is 15.7. The summed E-state index contributed by atoms with van der Waals surface area (Å²) in [5.41, 5.74) is -35.8. The highest BCUT2D eigenvalue weighted by Gasteiger charge is 2.43. The van der Waals surface area contributed by atoms with Crippen LogP contribution in [0.25, 0.3) is 137 Å². The lowest BCUT2D eigenvalue weighted by Crippen LogP contribution is -2.59. The van der Waals surface area contributed by atoms with Gasteiger partial charge in [0.15, 0.2) is 32.6 Å². The third-order valence-corrected chi connectivity index (χ3v) is 26.9. The quantitative estimate of drug-likeness (QED) is 0.0667. The highest BCUT2D eigenvalue weighted by Crippen LogP contribution is 2.44. The Morgan fingerprint density at radius 2 is 0.658 bits per heavy atom. The second-order valence-corrected chi connectivity index (χ2v) is 35.1. The topological polar surface area (TPSA) is 128 Å². The molecule has 0 fully saturated rings. The Morgan fingerprint density at radius 3 is 1.13 bits per heavy atom. The van der Waals surface area contributed by atoms with Crippen LogP contribution in [-0.2, 0) is 0 Å². The van der Waals surface area contributed by atoms with E-state index in [1.165, 1.54) is 0 Å². The first-order valence-corrected chi connectivity index (χ1v) is 44.9. The number of nitrogens with zero attached hydrogens (tertiary/aromatic N) is 4. The summed E-state index contributed by atoms with van der Waals surface area (Å²) in [6.07, 6.45) is 0. The fourth-order valence-electron chi connectivity index (χ4n) is 19.8. The smallest absolute Gasteiger partial charge is 0.251 e. The largest absolute Gasteiger partial charge is 0.458 e. The summed E-state index contributed by atoms with van der Waals surface area (Å²) in [6.45, 7) is -38.0. The van der Waals surface area contributed by atoms with Crippen LogP contribution in [0.3, 0.4) is 0 Å². The number of para-hydroxylation sites is 9. The molecular weight excluding hydrogens is 1840 g/mol. The van der Waals surface area contributed by atoms with Crippen LogP contribution >= 0.6 is 11.8 Å². The predicted molar refractivity (Wildman–Crippen MR) is 633 cm³/mol. The van der Waals surface area contributed by atoms with E-state index in [0.29, 0.717) is 77.4 Å². The SMILES string of the molecule is C.[2H]c1c([2H])c([2H])c(-c2cc(C([2H])([2H])[2H])cc(-c3c([2H])c([2H])c([2H])c([2H])c3[2H])c2B2c3c([2H])c([2H])c([2H])c([2H])c3Sc3c2c([2H])c2c(=O)c4c([2H])c([2H])c([2H])c5c(=O)c6c([2H])c([2H])c([2H])c([2H])c6n(c2c3[2H])c54)c([2H])c1[2H].[2H]c1c([2H])c([2H])c(N2c3c([2H])c([2H])c([2H])c([2H])c3B(c3c(C([2H])(C)C([2H])([2H])[2H])cc(C([2H])(C([2H])([2H])[2H])C([2H])([2H])[2H])cc3C([2H])(C)C([2H])([2H])[2H])c3cc4c(=O)c5c([2H])c([2H])c([2H])c6c(=O)c7c([2H])c([2H])c([2H])c([2H])c7n(c4c([2H])c32)c56)c([2H])c1[2H].[2H]c1c([2H])c([2H])c2c(c1[2H])Oc1c(c([2H])c3c(=O)c4c([2H])c([2H])c([2H])c5c(=O)c6c([2H])c([2H])c([2H])c([2H])c6n(c3c1[2H])c54)B2c1c(C([2H])(C)C([2H])([2H])[2H])cc(C([2H])(C([2H])([2H])[2H])C([2H])([2H])[2H])cc1C([2H])(C)C([2H])([2H])[2H]. The molecule has 149 heavy (non-hydrogen) atoms. The molecule has 0 aliphatic carbocycles. The molecule has 3 aliphatic rings. The Hall–Kier alpha value is -16.5. The average Bonchev–Trinajstić information content (AvgIpc) is 0.668. The minimum Gasteiger partial charge on any atom is -0.458 e. The van der Waals surface area contributed by atoms with E-state index in [9.17, 15) is 44.5 Å². The van der Waals surface area contributed by atoms with Crippen molar-refractivity contribution in [1.82, 2.24) is 13.2 Å². The van der Waals surface area contributed by atoms with Crippen LogP contribution in [0, 0.1) is 6.85 Å². The predicted octanol–water partition coefficient (Wildman–Crippen LogP) is 25.6. The fourth-order valence-corrected chi connectivity index (χ4v) is 20.8. The lowest BCUT2D eigenvalue weighted by Gasteiger charge is -2.39. The Balaban J connectivity index is 0.000000170. The van der Waals surface area contributed by atoms with Crippen molar-refractivity contribution in [3.8, 4) is 33.8 Å². The molecular formula is C134H109B3N4O7S. The summed E-state index contributed by atoms with van der Waals surface area (Å²) in [6, 6.07) is -49.8. The first-order valence-electron chi connectivity index (χ1n) is 87.1. The summed E-state index contributed by atoms with van der Waals surface area (Å²) in [5.74, 6) is -22.8. The van der Waals surface area contributed by atoms with Crippen LogP contribution in [0.15, 0.2) is 401 Å². The zero-order valence-electron chi connectivity index (χ0n) is 162. The first kappa shape index (κ1) is 39.3. The molecule has 0 bridgehead atoms. The highest BCUT2D eigenvalue weighted by atomic mass is 32.2. The number of hydrogen-bond acceptors (Lipinski definition) is 9. The van der Waals surface area contributed by atoms with Crippen LogP contribution in [-0.4, -0.2) is 33.3 Å².